The highest BCUT2D eigenvalue weighted by Crippen LogP contribution is 2.29. The number of anilines is 1. The smallest absolute Gasteiger partial charge is 0.238 e. The fourth-order valence-corrected chi connectivity index (χ4v) is 3.69. The molecule has 1 amide bonds. The molecule has 1 unspecified atom stereocenters. The van der Waals surface area contributed by atoms with Crippen molar-refractivity contribution in [2.75, 3.05) is 5.32 Å². The third-order valence-electron chi connectivity index (χ3n) is 4.31. The quantitative estimate of drug-likeness (QED) is 0.578. The zero-order valence-electron chi connectivity index (χ0n) is 15.4. The normalized spacial score (nSPS) is 13.8. The average molecular weight is 437 g/mol. The van der Waals surface area contributed by atoms with Crippen molar-refractivity contribution >= 4 is 44.1 Å². The highest BCUT2D eigenvalue weighted by atomic mass is 35.5. The zero-order chi connectivity index (χ0) is 21.4. The molecule has 10 heteroatoms. The molecule has 3 N–H and O–H groups in total. The number of nitrogens with one attached hydrogen (secondary N) is 1. The summed E-state index contributed by atoms with van der Waals surface area (Å²) >= 11 is 6.06. The Labute approximate surface area is 172 Å². The standard InChI is InChI=1S/C19H18ClFN4O3S/c1-3-19(2,21)25-11-14-16(24-25)9-13(10-17(14)29(22,27)28)23-18(26)8-12-6-4-5-7-15(12)20/h3-7,9-11H,1,8H2,2H3,(H,23,26)(H2,22,27,28). The predicted molar refractivity (Wildman–Crippen MR) is 110 cm³/mol. The van der Waals surface area contributed by atoms with Gasteiger partial charge in [0.2, 0.25) is 21.7 Å². The van der Waals surface area contributed by atoms with Gasteiger partial charge in [0.1, 0.15) is 0 Å². The predicted octanol–water partition coefficient (Wildman–Crippen LogP) is 3.35. The molecule has 152 valence electrons. The molecular weight excluding hydrogens is 419 g/mol. The molecule has 0 aliphatic carbocycles. The number of primary sulfonamides is 1. The Hall–Kier alpha value is -2.75. The van der Waals surface area contributed by atoms with E-state index in [2.05, 4.69) is 17.0 Å². The average Bonchev–Trinajstić information content (AvgIpc) is 3.07. The third kappa shape index (κ3) is 4.47. The molecule has 3 rings (SSSR count). The fourth-order valence-electron chi connectivity index (χ4n) is 2.74. The van der Waals surface area contributed by atoms with Gasteiger partial charge in [-0.25, -0.2) is 22.6 Å². The molecule has 0 aliphatic rings. The van der Waals surface area contributed by atoms with Crippen LogP contribution in [0.3, 0.4) is 0 Å². The van der Waals surface area contributed by atoms with E-state index < -0.39 is 21.7 Å². The highest BCUT2D eigenvalue weighted by molar-refractivity contribution is 7.89. The van der Waals surface area contributed by atoms with E-state index in [0.29, 0.717) is 10.6 Å². The lowest BCUT2D eigenvalue weighted by Crippen LogP contribution is -2.21. The number of aromatic nitrogens is 2. The lowest BCUT2D eigenvalue weighted by atomic mass is 10.1. The van der Waals surface area contributed by atoms with Gasteiger partial charge < -0.3 is 5.32 Å². The van der Waals surface area contributed by atoms with Crippen molar-refractivity contribution < 1.29 is 17.6 Å². The van der Waals surface area contributed by atoms with Crippen molar-refractivity contribution in [3.63, 3.8) is 0 Å². The van der Waals surface area contributed by atoms with Gasteiger partial charge in [-0.3, -0.25) is 4.79 Å². The van der Waals surface area contributed by atoms with Gasteiger partial charge in [-0.15, -0.1) is 0 Å². The van der Waals surface area contributed by atoms with Crippen LogP contribution < -0.4 is 10.5 Å². The second-order valence-electron chi connectivity index (χ2n) is 6.57. The van der Waals surface area contributed by atoms with Gasteiger partial charge in [0.25, 0.3) is 0 Å². The number of rotatable bonds is 6. The van der Waals surface area contributed by atoms with Crippen LogP contribution in [0.15, 0.2) is 60.1 Å². The molecule has 0 saturated heterocycles. The number of hydrogen-bond acceptors (Lipinski definition) is 4. The van der Waals surface area contributed by atoms with Crippen LogP contribution in [0.1, 0.15) is 12.5 Å². The number of amides is 1. The van der Waals surface area contributed by atoms with Crippen molar-refractivity contribution in [1.29, 1.82) is 0 Å². The summed E-state index contributed by atoms with van der Waals surface area (Å²) in [7, 11) is -4.17. The first-order valence-electron chi connectivity index (χ1n) is 8.44. The monoisotopic (exact) mass is 436 g/mol. The topological polar surface area (TPSA) is 107 Å². The first kappa shape index (κ1) is 21.0. The van der Waals surface area contributed by atoms with E-state index >= 15 is 0 Å². The SMILES string of the molecule is C=CC(C)(F)n1cc2c(S(N)(=O)=O)cc(NC(=O)Cc3ccccc3Cl)cc2n1. The van der Waals surface area contributed by atoms with Gasteiger partial charge in [-0.05, 0) is 36.8 Å². The van der Waals surface area contributed by atoms with Crippen molar-refractivity contribution in [2.45, 2.75) is 24.0 Å². The summed E-state index contributed by atoms with van der Waals surface area (Å²) in [6.07, 6.45) is 2.24. The number of carbonyl (C=O) groups is 1. The number of nitrogens with two attached hydrogens (primary N) is 1. The summed E-state index contributed by atoms with van der Waals surface area (Å²) in [6, 6.07) is 9.51. The van der Waals surface area contributed by atoms with Crippen LogP contribution in [0.2, 0.25) is 5.02 Å². The Morgan fingerprint density at radius 3 is 2.72 bits per heavy atom. The maximum Gasteiger partial charge on any atom is 0.238 e. The minimum Gasteiger partial charge on any atom is -0.326 e. The number of alkyl halides is 1. The number of benzene rings is 2. The van der Waals surface area contributed by atoms with Crippen LogP contribution in [0.5, 0.6) is 0 Å². The van der Waals surface area contributed by atoms with Gasteiger partial charge >= 0.3 is 0 Å². The molecule has 0 spiro atoms. The summed E-state index contributed by atoms with van der Waals surface area (Å²) in [5.74, 6) is -2.46. The summed E-state index contributed by atoms with van der Waals surface area (Å²) in [6.45, 7) is 4.62. The van der Waals surface area contributed by atoms with Gasteiger partial charge in [0.05, 0.1) is 16.8 Å². The molecule has 1 aromatic heterocycles. The molecule has 0 aliphatic heterocycles. The van der Waals surface area contributed by atoms with Crippen LogP contribution in [-0.2, 0) is 27.0 Å². The summed E-state index contributed by atoms with van der Waals surface area (Å²) in [5.41, 5.74) is 0.918. The summed E-state index contributed by atoms with van der Waals surface area (Å²) in [5, 5.41) is 12.6. The molecular formula is C19H18ClFN4O3S. The second-order valence-corrected chi connectivity index (χ2v) is 8.51. The van der Waals surface area contributed by atoms with Crippen LogP contribution in [0.4, 0.5) is 10.1 Å². The number of sulfonamides is 1. The molecule has 29 heavy (non-hydrogen) atoms. The van der Waals surface area contributed by atoms with Gasteiger partial charge in [0.15, 0.2) is 0 Å². The number of nitrogens with zero attached hydrogens (tertiary/aromatic N) is 2. The Balaban J connectivity index is 2.01. The van der Waals surface area contributed by atoms with E-state index in [-0.39, 0.29) is 27.9 Å². The second kappa shape index (κ2) is 7.58. The number of carbonyl (C=O) groups excluding carboxylic acids is 1. The minimum absolute atomic E-state index is 0.0180. The largest absolute Gasteiger partial charge is 0.326 e. The number of allylic oxidation sites excluding steroid dienone is 1. The Morgan fingerprint density at radius 1 is 1.41 bits per heavy atom. The first-order valence-corrected chi connectivity index (χ1v) is 10.4. The molecule has 3 aromatic rings. The Morgan fingerprint density at radius 2 is 2.10 bits per heavy atom. The maximum absolute atomic E-state index is 14.5. The van der Waals surface area contributed by atoms with Gasteiger partial charge in [0, 0.05) is 22.3 Å². The van der Waals surface area contributed by atoms with Crippen molar-refractivity contribution in [2.24, 2.45) is 5.14 Å². The van der Waals surface area contributed by atoms with E-state index in [4.69, 9.17) is 16.7 Å². The Kier molecular flexibility index (Phi) is 5.48. The van der Waals surface area contributed by atoms with Crippen LogP contribution in [0, 0.1) is 0 Å². The van der Waals surface area contributed by atoms with Crippen LogP contribution >= 0.6 is 11.6 Å². The maximum atomic E-state index is 14.5. The number of fused-ring (bicyclic) bond motifs is 1. The molecule has 7 nitrogen and oxygen atoms in total. The van der Waals surface area contributed by atoms with Crippen molar-refractivity contribution in [3.05, 3.63) is 65.8 Å². The third-order valence-corrected chi connectivity index (χ3v) is 5.63. The fraction of sp³-hybridized carbons (Fsp3) is 0.158. The number of halogens is 2. The Bertz CT molecular complexity index is 1220. The molecule has 0 fully saturated rings. The van der Waals surface area contributed by atoms with Crippen LogP contribution in [0.25, 0.3) is 10.9 Å². The van der Waals surface area contributed by atoms with Gasteiger partial charge in [-0.2, -0.15) is 5.10 Å². The molecule has 0 saturated carbocycles. The first-order chi connectivity index (χ1) is 13.5. The van der Waals surface area contributed by atoms with Crippen LogP contribution in [-0.4, -0.2) is 24.1 Å². The molecule has 1 heterocycles. The van der Waals surface area contributed by atoms with Gasteiger partial charge in [-0.1, -0.05) is 36.4 Å². The minimum atomic E-state index is -4.17. The molecule has 0 bridgehead atoms. The van der Waals surface area contributed by atoms with E-state index in [1.165, 1.54) is 25.3 Å². The van der Waals surface area contributed by atoms with E-state index in [1.807, 2.05) is 0 Å². The number of hydrogen-bond donors (Lipinski definition) is 2. The van der Waals surface area contributed by atoms with Crippen molar-refractivity contribution in [1.82, 2.24) is 9.78 Å². The summed E-state index contributed by atoms with van der Waals surface area (Å²) < 4.78 is 39.6. The lowest BCUT2D eigenvalue weighted by molar-refractivity contribution is -0.115. The van der Waals surface area contributed by atoms with Crippen molar-refractivity contribution in [3.8, 4) is 0 Å². The zero-order valence-corrected chi connectivity index (χ0v) is 17.0. The molecule has 0 radical (unpaired) electrons. The highest BCUT2D eigenvalue weighted by Gasteiger charge is 2.25. The van der Waals surface area contributed by atoms with E-state index in [1.54, 1.807) is 24.3 Å². The van der Waals surface area contributed by atoms with E-state index in [0.717, 1.165) is 10.8 Å². The van der Waals surface area contributed by atoms with E-state index in [9.17, 15) is 17.6 Å². The summed E-state index contributed by atoms with van der Waals surface area (Å²) in [4.78, 5) is 12.1. The molecule has 2 aromatic carbocycles. The lowest BCUT2D eigenvalue weighted by Gasteiger charge is -2.15. The molecule has 1 atom stereocenters.